The molecule has 1 heterocycles. The van der Waals surface area contributed by atoms with Gasteiger partial charge in [0.05, 0.1) is 0 Å². The largest absolute Gasteiger partial charge is 0.250 e. The van der Waals surface area contributed by atoms with Gasteiger partial charge in [0.2, 0.25) is 6.33 Å². The predicted octanol–water partition coefficient (Wildman–Crippen LogP) is 1.89. The molecule has 16 heavy (non-hydrogen) atoms. The normalized spacial score (nSPS) is 14.0. The molecule has 0 saturated carbocycles. The van der Waals surface area contributed by atoms with Crippen LogP contribution in [-0.2, 0) is 12.0 Å². The van der Waals surface area contributed by atoms with Gasteiger partial charge in [0, 0.05) is 6.42 Å². The van der Waals surface area contributed by atoms with Crippen LogP contribution >= 0.6 is 0 Å². The van der Waals surface area contributed by atoms with Gasteiger partial charge in [-0.15, -0.1) is 6.42 Å². The van der Waals surface area contributed by atoms with Crippen LogP contribution in [0.2, 0.25) is 0 Å². The number of terminal acetylenes is 1. The smallest absolute Gasteiger partial charge is 0.242 e. The van der Waals surface area contributed by atoms with Crippen molar-refractivity contribution in [3.63, 3.8) is 0 Å². The Morgan fingerprint density at radius 2 is 2.12 bits per heavy atom. The molecule has 0 bridgehead atoms. The third-order valence-corrected chi connectivity index (χ3v) is 2.82. The molecule has 0 radical (unpaired) electrons. The molecule has 2 rings (SSSR count). The maximum Gasteiger partial charge on any atom is 0.242 e. The molecule has 0 aliphatic heterocycles. The summed E-state index contributed by atoms with van der Waals surface area (Å²) in [5.41, 5.74) is 0.929. The van der Waals surface area contributed by atoms with E-state index in [1.165, 1.54) is 5.56 Å². The zero-order valence-corrected chi connectivity index (χ0v) is 9.35. The van der Waals surface area contributed by atoms with E-state index < -0.39 is 0 Å². The van der Waals surface area contributed by atoms with Crippen LogP contribution in [0.3, 0.4) is 0 Å². The van der Waals surface area contributed by atoms with Crippen molar-refractivity contribution in [2.45, 2.75) is 18.9 Å². The summed E-state index contributed by atoms with van der Waals surface area (Å²) < 4.78 is 2.03. The summed E-state index contributed by atoms with van der Waals surface area (Å²) in [5, 5.41) is 0. The highest BCUT2D eigenvalue weighted by Crippen LogP contribution is 2.14. The standard InChI is InChI=1S/C14H14N2/c1-3-14(2,16-10-9-15-12-16)11-13-7-5-4-6-8-13/h1,4-10,12H,11H2,2H3/p+1. The third-order valence-electron chi connectivity index (χ3n) is 2.82. The van der Waals surface area contributed by atoms with Crippen LogP contribution in [-0.4, -0.2) is 4.98 Å². The number of H-pyrrole nitrogens is 1. The topological polar surface area (TPSA) is 19.7 Å². The highest BCUT2D eigenvalue weighted by molar-refractivity contribution is 5.19. The molecule has 2 aromatic rings. The molecular formula is C14H15N2+. The van der Waals surface area contributed by atoms with Gasteiger partial charge >= 0.3 is 0 Å². The zero-order chi connectivity index (χ0) is 11.4. The van der Waals surface area contributed by atoms with E-state index in [2.05, 4.69) is 30.0 Å². The lowest BCUT2D eigenvalue weighted by Crippen LogP contribution is -2.53. The number of hydrogen-bond acceptors (Lipinski definition) is 0. The zero-order valence-electron chi connectivity index (χ0n) is 9.35. The molecule has 0 amide bonds. The van der Waals surface area contributed by atoms with Gasteiger partial charge in [-0.2, -0.15) is 0 Å². The van der Waals surface area contributed by atoms with Crippen molar-refractivity contribution in [2.24, 2.45) is 0 Å². The average Bonchev–Trinajstić information content (AvgIpc) is 2.84. The Bertz CT molecular complexity index is 479. The summed E-state index contributed by atoms with van der Waals surface area (Å²) >= 11 is 0. The number of nitrogens with one attached hydrogen (secondary N) is 1. The van der Waals surface area contributed by atoms with Crippen LogP contribution < -0.4 is 4.57 Å². The van der Waals surface area contributed by atoms with Crippen molar-refractivity contribution in [3.8, 4) is 12.3 Å². The van der Waals surface area contributed by atoms with Crippen molar-refractivity contribution >= 4 is 0 Å². The monoisotopic (exact) mass is 211 g/mol. The number of aromatic nitrogens is 2. The summed E-state index contributed by atoms with van der Waals surface area (Å²) in [7, 11) is 0. The van der Waals surface area contributed by atoms with Gasteiger partial charge in [-0.25, -0.2) is 4.57 Å². The Morgan fingerprint density at radius 3 is 2.69 bits per heavy atom. The molecule has 1 aromatic carbocycles. The van der Waals surface area contributed by atoms with Crippen LogP contribution in [0.15, 0.2) is 49.1 Å². The molecule has 1 atom stereocenters. The van der Waals surface area contributed by atoms with Gasteiger partial charge in [0.1, 0.15) is 12.4 Å². The molecule has 0 fully saturated rings. The molecular weight excluding hydrogens is 196 g/mol. The second kappa shape index (κ2) is 4.24. The van der Waals surface area contributed by atoms with Gasteiger partial charge in [-0.05, 0) is 12.5 Å². The number of hydrogen-bond donors (Lipinski definition) is 1. The molecule has 0 aliphatic rings. The maximum atomic E-state index is 5.66. The van der Waals surface area contributed by atoms with Crippen LogP contribution in [0.1, 0.15) is 12.5 Å². The Hall–Kier alpha value is -2.01. The fourth-order valence-electron chi connectivity index (χ4n) is 1.81. The van der Waals surface area contributed by atoms with E-state index in [-0.39, 0.29) is 5.54 Å². The van der Waals surface area contributed by atoms with E-state index in [1.54, 1.807) is 0 Å². The predicted molar refractivity (Wildman–Crippen MR) is 63.6 cm³/mol. The van der Waals surface area contributed by atoms with Crippen molar-refractivity contribution < 1.29 is 4.57 Å². The van der Waals surface area contributed by atoms with Crippen molar-refractivity contribution in [2.75, 3.05) is 0 Å². The average molecular weight is 211 g/mol. The van der Waals surface area contributed by atoms with Crippen LogP contribution in [0.4, 0.5) is 0 Å². The molecule has 0 saturated heterocycles. The lowest BCUT2D eigenvalue weighted by molar-refractivity contribution is -0.745. The summed E-state index contributed by atoms with van der Waals surface area (Å²) in [6.07, 6.45) is 12.2. The van der Waals surface area contributed by atoms with Crippen molar-refractivity contribution in [1.29, 1.82) is 0 Å². The van der Waals surface area contributed by atoms with Gasteiger partial charge in [-0.1, -0.05) is 36.3 Å². The first kappa shape index (κ1) is 10.5. The Morgan fingerprint density at radius 1 is 1.38 bits per heavy atom. The SMILES string of the molecule is C#CC(C)(Cc1ccccc1)[n+]1cc[nH]c1. The van der Waals surface area contributed by atoms with E-state index >= 15 is 0 Å². The second-order valence-electron chi connectivity index (χ2n) is 4.10. The number of imidazole rings is 1. The van der Waals surface area contributed by atoms with Gasteiger partial charge in [-0.3, -0.25) is 4.98 Å². The highest BCUT2D eigenvalue weighted by Gasteiger charge is 2.28. The lowest BCUT2D eigenvalue weighted by Gasteiger charge is -2.19. The minimum absolute atomic E-state index is 0.318. The van der Waals surface area contributed by atoms with Gasteiger partial charge < -0.3 is 0 Å². The molecule has 1 unspecified atom stereocenters. The van der Waals surface area contributed by atoms with Gasteiger partial charge in [0.15, 0.2) is 5.54 Å². The third kappa shape index (κ3) is 1.99. The number of aromatic amines is 1. The van der Waals surface area contributed by atoms with E-state index in [0.717, 1.165) is 6.42 Å². The minimum Gasteiger partial charge on any atom is -0.250 e. The number of benzene rings is 1. The fraction of sp³-hybridized carbons (Fsp3) is 0.214. The number of nitrogens with zero attached hydrogens (tertiary/aromatic N) is 1. The highest BCUT2D eigenvalue weighted by atomic mass is 15.1. The van der Waals surface area contributed by atoms with E-state index in [4.69, 9.17) is 6.42 Å². The fourth-order valence-corrected chi connectivity index (χ4v) is 1.81. The summed E-state index contributed by atoms with van der Waals surface area (Å²) in [6, 6.07) is 10.3. The number of rotatable bonds is 3. The molecule has 2 nitrogen and oxygen atoms in total. The Labute approximate surface area is 96.0 Å². The first-order chi connectivity index (χ1) is 7.74. The van der Waals surface area contributed by atoms with E-state index in [9.17, 15) is 0 Å². The molecule has 1 N–H and O–H groups in total. The van der Waals surface area contributed by atoms with E-state index in [1.807, 2.05) is 41.5 Å². The summed E-state index contributed by atoms with van der Waals surface area (Å²) in [4.78, 5) is 3.02. The first-order valence-corrected chi connectivity index (χ1v) is 5.31. The van der Waals surface area contributed by atoms with Crippen LogP contribution in [0, 0.1) is 12.3 Å². The Kier molecular flexibility index (Phi) is 2.78. The van der Waals surface area contributed by atoms with Crippen molar-refractivity contribution in [1.82, 2.24) is 4.98 Å². The summed E-state index contributed by atoms with van der Waals surface area (Å²) in [5.74, 6) is 2.87. The first-order valence-electron chi connectivity index (χ1n) is 5.31. The lowest BCUT2D eigenvalue weighted by atomic mass is 9.93. The quantitative estimate of drug-likeness (QED) is 0.591. The summed E-state index contributed by atoms with van der Waals surface area (Å²) in [6.45, 7) is 2.06. The Balaban J connectivity index is 2.28. The molecule has 80 valence electrons. The minimum atomic E-state index is -0.318. The van der Waals surface area contributed by atoms with Gasteiger partial charge in [0.25, 0.3) is 0 Å². The molecule has 0 aliphatic carbocycles. The molecule has 2 heteroatoms. The maximum absolute atomic E-state index is 5.66. The van der Waals surface area contributed by atoms with Crippen LogP contribution in [0.25, 0.3) is 0 Å². The van der Waals surface area contributed by atoms with E-state index in [0.29, 0.717) is 0 Å². The molecule has 1 aromatic heterocycles. The second-order valence-corrected chi connectivity index (χ2v) is 4.10. The van der Waals surface area contributed by atoms with Crippen LogP contribution in [0.5, 0.6) is 0 Å². The van der Waals surface area contributed by atoms with Crippen molar-refractivity contribution in [3.05, 3.63) is 54.6 Å². The molecule has 0 spiro atoms.